The fraction of sp³-hybridized carbons (Fsp3) is 0.929. The predicted octanol–water partition coefficient (Wildman–Crippen LogP) is 36.2. The Morgan fingerprint density at radius 1 is 0.211 bits per heavy atom. The molecule has 0 aromatic rings. The van der Waals surface area contributed by atoms with Crippen molar-refractivity contribution >= 4 is 29.8 Å². The number of nitrogens with zero attached hydrogens (tertiary/aromatic N) is 3. The van der Waals surface area contributed by atoms with Crippen LogP contribution in [0.2, 0.25) is 0 Å². The molecule has 0 radical (unpaired) electrons. The van der Waals surface area contributed by atoms with Crippen molar-refractivity contribution in [3.63, 3.8) is 0 Å². The number of ether oxygens (including phenoxy) is 5. The van der Waals surface area contributed by atoms with Crippen molar-refractivity contribution in [1.82, 2.24) is 14.7 Å². The molecule has 0 amide bonds. The zero-order valence-corrected chi connectivity index (χ0v) is 96.6. The Kier molecular flexibility index (Phi) is 125. The van der Waals surface area contributed by atoms with Gasteiger partial charge in [0.25, 0.3) is 0 Å². The van der Waals surface area contributed by atoms with E-state index in [0.717, 1.165) is 232 Å². The second kappa shape index (κ2) is 125. The van der Waals surface area contributed by atoms with Gasteiger partial charge in [0, 0.05) is 38.9 Å². The summed E-state index contributed by atoms with van der Waals surface area (Å²) in [5.74, 6) is 0.268. The van der Waals surface area contributed by atoms with Crippen LogP contribution in [0.15, 0.2) is 24.3 Å². The number of allylic oxidation sites excluding steroid dienone is 4. The van der Waals surface area contributed by atoms with Crippen molar-refractivity contribution < 1.29 is 63.0 Å². The van der Waals surface area contributed by atoms with Crippen molar-refractivity contribution in [3.05, 3.63) is 24.3 Å². The Morgan fingerprint density at radius 2 is 0.408 bits per heavy atom. The Bertz CT molecular complexity index is 2510. The number of hydrogen-bond donors (Lipinski definition) is 3. The highest BCUT2D eigenvalue weighted by Crippen LogP contribution is 2.26. The third kappa shape index (κ3) is 115. The van der Waals surface area contributed by atoms with Crippen molar-refractivity contribution in [1.29, 1.82) is 0 Å². The van der Waals surface area contributed by atoms with E-state index in [0.29, 0.717) is 45.7 Å². The Labute approximate surface area is 883 Å². The Balaban J connectivity index is -0.00000206. The maximum atomic E-state index is 13.0. The highest BCUT2D eigenvalue weighted by atomic mass is 16.6. The van der Waals surface area contributed by atoms with Gasteiger partial charge in [0.2, 0.25) is 0 Å². The summed E-state index contributed by atoms with van der Waals surface area (Å²) < 4.78 is 27.9. The lowest BCUT2D eigenvalue weighted by atomic mass is 9.94. The molecule has 3 N–H and O–H groups in total. The zero-order valence-electron chi connectivity index (χ0n) is 96.6. The second-order valence-electron chi connectivity index (χ2n) is 42.9. The average molecular weight is 2010 g/mol. The summed E-state index contributed by atoms with van der Waals surface area (Å²) in [6.45, 7) is 31.8. The van der Waals surface area contributed by atoms with Crippen molar-refractivity contribution in [2.75, 3.05) is 105 Å². The number of hydrogen-bond acceptors (Lipinski definition) is 16. The van der Waals surface area contributed by atoms with Gasteiger partial charge in [0.1, 0.15) is 0 Å². The standard InChI is InChI=1S/C47H93NO5.C42H83NO5.C37H71NO3/c1-5-8-11-14-21-28-35-44(4)53-46(50)38-31-24-20-26-33-40-48(41-42-49)39-32-25-18-17-19-27-34-43-52-47(51)45(36-29-22-15-12-9-6-2)37-30-23-16-13-10-7-3;1-4-7-10-13-16-22-29-38-47-41(45)33-26-19-18-21-28-35-43(36-37-44)34-27-20-15-14-17-23-30-39-48-42(46)40(31-24-11-8-5-2)32-25-12-9-6-3;1-3-5-7-9-11-12-13-14-15-16-17-18-19-20-24-28-32-38(34-35-39)33-29-25-22-23-27-31-37(40)41-36-30-26-21-10-8-6-4-2/h44-45,49H,5-43H2,1-4H3;40,44H,4-39H2,1-3H3;11-12,14-15,39H,3-10,13,16-36H2,1-2H3/b;;12-11-,15-14-. The average Bonchev–Trinajstić information content (AvgIpc) is 0.939. The molecule has 0 saturated carbocycles. The van der Waals surface area contributed by atoms with Crippen LogP contribution in [0.25, 0.3) is 0 Å². The smallest absolute Gasteiger partial charge is 0.308 e. The molecule has 0 aromatic heterocycles. The van der Waals surface area contributed by atoms with Crippen LogP contribution >= 0.6 is 0 Å². The van der Waals surface area contributed by atoms with E-state index >= 15 is 0 Å². The zero-order chi connectivity index (χ0) is 104. The molecule has 0 aliphatic heterocycles. The molecular weight excluding hydrogens is 1760 g/mol. The number of carbonyl (C=O) groups excluding carboxylic acids is 5. The Hall–Kier alpha value is -3.41. The molecule has 0 heterocycles. The monoisotopic (exact) mass is 2010 g/mol. The van der Waals surface area contributed by atoms with Crippen LogP contribution < -0.4 is 0 Å². The summed E-state index contributed by atoms with van der Waals surface area (Å²) >= 11 is 0. The van der Waals surface area contributed by atoms with E-state index in [2.05, 4.69) is 94.4 Å². The highest BCUT2D eigenvalue weighted by molar-refractivity contribution is 5.73. The van der Waals surface area contributed by atoms with Gasteiger partial charge in [-0.1, -0.05) is 478 Å². The van der Waals surface area contributed by atoms with Gasteiger partial charge < -0.3 is 53.7 Å². The molecule has 16 nitrogen and oxygen atoms in total. The largest absolute Gasteiger partial charge is 0.466 e. The summed E-state index contributed by atoms with van der Waals surface area (Å²) in [5, 5.41) is 28.5. The lowest BCUT2D eigenvalue weighted by Crippen LogP contribution is -2.29. The maximum Gasteiger partial charge on any atom is 0.308 e. The minimum absolute atomic E-state index is 0.0154. The van der Waals surface area contributed by atoms with E-state index in [1.54, 1.807) is 0 Å². The molecule has 0 fully saturated rings. The second-order valence-corrected chi connectivity index (χ2v) is 42.9. The molecule has 142 heavy (non-hydrogen) atoms. The van der Waals surface area contributed by atoms with E-state index in [-0.39, 0.29) is 67.6 Å². The highest BCUT2D eigenvalue weighted by Gasteiger charge is 2.22. The van der Waals surface area contributed by atoms with Crippen LogP contribution in [0.5, 0.6) is 0 Å². The SMILES string of the molecule is CCCCC/C=C\C/C=C\CCCCCCCCN(CCO)CCCCCCCC(=O)OCCCCCCCCC.CCCCCCCCC(C)OC(=O)CCCCCCCN(CCO)CCCCCCCCCOC(=O)C(CCCCCCCC)CCCCCCCC.CCCCCCCCCOC(=O)CCCCCCCN(CCO)CCCCCCCCCOC(=O)C(CCCCCC)CCCCCC. The van der Waals surface area contributed by atoms with Gasteiger partial charge in [-0.2, -0.15) is 0 Å². The number of esters is 5. The summed E-state index contributed by atoms with van der Waals surface area (Å²) in [6.07, 6.45) is 115. The third-order valence-corrected chi connectivity index (χ3v) is 28.8. The van der Waals surface area contributed by atoms with E-state index in [1.165, 1.54) is 379 Å². The molecule has 1 unspecified atom stereocenters. The molecule has 0 bridgehead atoms. The first-order chi connectivity index (χ1) is 69.8. The molecule has 0 rings (SSSR count). The van der Waals surface area contributed by atoms with Crippen molar-refractivity contribution in [2.45, 2.75) is 640 Å². The van der Waals surface area contributed by atoms with Crippen LogP contribution in [-0.2, 0) is 47.7 Å². The van der Waals surface area contributed by atoms with Gasteiger partial charge >= 0.3 is 29.8 Å². The summed E-state index contributed by atoms with van der Waals surface area (Å²) in [4.78, 5) is 69.0. The lowest BCUT2D eigenvalue weighted by Gasteiger charge is -2.21. The van der Waals surface area contributed by atoms with Gasteiger partial charge in [-0.25, -0.2) is 0 Å². The Morgan fingerprint density at radius 3 is 0.676 bits per heavy atom. The first kappa shape index (κ1) is 143. The van der Waals surface area contributed by atoms with Gasteiger partial charge in [0.15, 0.2) is 0 Å². The van der Waals surface area contributed by atoms with Gasteiger partial charge in [0.05, 0.1) is 64.2 Å². The summed E-state index contributed by atoms with van der Waals surface area (Å²) in [7, 11) is 0. The number of aliphatic hydroxyl groups excluding tert-OH is 3. The van der Waals surface area contributed by atoms with Crippen LogP contribution in [0.4, 0.5) is 0 Å². The van der Waals surface area contributed by atoms with Crippen LogP contribution in [-0.4, -0.2) is 171 Å². The number of unbranched alkanes of at least 4 members (excludes halogenated alkanes) is 66. The van der Waals surface area contributed by atoms with E-state index in [9.17, 15) is 39.3 Å². The first-order valence-corrected chi connectivity index (χ1v) is 62.9. The van der Waals surface area contributed by atoms with E-state index in [4.69, 9.17) is 23.7 Å². The summed E-state index contributed by atoms with van der Waals surface area (Å²) in [5.41, 5.74) is 0. The summed E-state index contributed by atoms with van der Waals surface area (Å²) in [6, 6.07) is 0. The molecule has 0 aliphatic rings. The van der Waals surface area contributed by atoms with Gasteiger partial charge in [-0.3, -0.25) is 24.0 Å². The topological polar surface area (TPSA) is 202 Å². The maximum absolute atomic E-state index is 13.0. The molecule has 0 aliphatic carbocycles. The van der Waals surface area contributed by atoms with E-state index < -0.39 is 0 Å². The minimum Gasteiger partial charge on any atom is -0.466 e. The fourth-order valence-electron chi connectivity index (χ4n) is 19.3. The first-order valence-electron chi connectivity index (χ1n) is 62.9. The number of carbonyl (C=O) groups is 5. The number of rotatable bonds is 115. The molecular formula is C126H247N3O13. The quantitative estimate of drug-likeness (QED) is 0.0224. The lowest BCUT2D eigenvalue weighted by molar-refractivity contribution is -0.150. The molecule has 0 spiro atoms. The molecule has 844 valence electrons. The third-order valence-electron chi connectivity index (χ3n) is 28.8. The van der Waals surface area contributed by atoms with Crippen LogP contribution in [0.3, 0.4) is 0 Å². The molecule has 16 heteroatoms. The van der Waals surface area contributed by atoms with Gasteiger partial charge in [-0.05, 0) is 200 Å². The van der Waals surface area contributed by atoms with Crippen LogP contribution in [0, 0.1) is 11.8 Å². The van der Waals surface area contributed by atoms with E-state index in [1.807, 2.05) is 6.92 Å². The van der Waals surface area contributed by atoms with Gasteiger partial charge in [-0.15, -0.1) is 0 Å². The molecule has 1 atom stereocenters. The number of aliphatic hydroxyl groups is 3. The molecule has 0 aromatic carbocycles. The normalized spacial score (nSPS) is 11.9. The van der Waals surface area contributed by atoms with Crippen molar-refractivity contribution in [3.8, 4) is 0 Å². The molecule has 0 saturated heterocycles. The fourth-order valence-corrected chi connectivity index (χ4v) is 19.3. The predicted molar refractivity (Wildman–Crippen MR) is 612 cm³/mol. The van der Waals surface area contributed by atoms with Crippen LogP contribution in [0.1, 0.15) is 634 Å². The minimum atomic E-state index is -0.0283. The van der Waals surface area contributed by atoms with Crippen molar-refractivity contribution in [2.24, 2.45) is 11.8 Å².